The Bertz CT molecular complexity index is 638. The second-order valence-electron chi connectivity index (χ2n) is 6.20. The van der Waals surface area contributed by atoms with Gasteiger partial charge in [-0.1, -0.05) is 32.0 Å². The number of nitrogens with two attached hydrogens (primary N) is 1. The zero-order valence-corrected chi connectivity index (χ0v) is 15.8. The van der Waals surface area contributed by atoms with Gasteiger partial charge in [0.1, 0.15) is 0 Å². The molecular weight excluding hydrogens is 333 g/mol. The van der Waals surface area contributed by atoms with Gasteiger partial charge >= 0.3 is 0 Å². The molecule has 0 aliphatic rings. The molecule has 130 valence electrons. The highest BCUT2D eigenvalue weighted by atomic mass is 35.5. The van der Waals surface area contributed by atoms with Gasteiger partial charge in [0.2, 0.25) is 5.91 Å². The summed E-state index contributed by atoms with van der Waals surface area (Å²) in [6.45, 7) is 4.90. The molecule has 2 rings (SSSR count). The number of carbonyl (C=O) groups is 1. The number of rotatable bonds is 5. The number of hydrogen-bond acceptors (Lipinski definition) is 3. The van der Waals surface area contributed by atoms with Crippen LogP contribution in [0.4, 0.5) is 0 Å². The molecule has 4 nitrogen and oxygen atoms in total. The van der Waals surface area contributed by atoms with Crippen molar-refractivity contribution in [3.05, 3.63) is 36.0 Å². The zero-order valence-electron chi connectivity index (χ0n) is 14.2. The Morgan fingerprint density at radius 1 is 1.22 bits per heavy atom. The first-order chi connectivity index (χ1) is 9.91. The molecule has 2 N–H and O–H groups in total. The van der Waals surface area contributed by atoms with Crippen molar-refractivity contribution in [2.75, 3.05) is 20.6 Å². The molecule has 0 aliphatic heterocycles. The lowest BCUT2D eigenvalue weighted by molar-refractivity contribution is 0.0862. The third-order valence-corrected chi connectivity index (χ3v) is 3.86. The SMILES string of the molecule is CC(C)C(N)C(=O)n1cc(CCN(C)C)c2ccccc21.Cl.Cl. The lowest BCUT2D eigenvalue weighted by Crippen LogP contribution is -2.38. The maximum Gasteiger partial charge on any atom is 0.248 e. The van der Waals surface area contributed by atoms with Gasteiger partial charge in [-0.15, -0.1) is 24.8 Å². The fourth-order valence-electron chi connectivity index (χ4n) is 2.42. The summed E-state index contributed by atoms with van der Waals surface area (Å²) < 4.78 is 1.73. The van der Waals surface area contributed by atoms with Gasteiger partial charge in [0, 0.05) is 18.1 Å². The predicted molar refractivity (Wildman–Crippen MR) is 102 cm³/mol. The van der Waals surface area contributed by atoms with Gasteiger partial charge < -0.3 is 10.6 Å². The zero-order chi connectivity index (χ0) is 15.6. The maximum absolute atomic E-state index is 12.6. The van der Waals surface area contributed by atoms with E-state index < -0.39 is 6.04 Å². The van der Waals surface area contributed by atoms with Crippen LogP contribution in [-0.4, -0.2) is 42.1 Å². The summed E-state index contributed by atoms with van der Waals surface area (Å²) in [4.78, 5) is 14.7. The van der Waals surface area contributed by atoms with Gasteiger partial charge in [-0.3, -0.25) is 9.36 Å². The average molecular weight is 360 g/mol. The standard InChI is InChI=1S/C17H25N3O.2ClH/c1-12(2)16(18)17(21)20-11-13(9-10-19(3)4)14-7-5-6-8-15(14)20;;/h5-8,11-12,16H,9-10,18H2,1-4H3;2*1H. The number of hydrogen-bond donors (Lipinski definition) is 1. The Hall–Kier alpha value is -1.07. The number of para-hydroxylation sites is 1. The van der Waals surface area contributed by atoms with Crippen molar-refractivity contribution < 1.29 is 4.79 Å². The molecule has 0 bridgehead atoms. The molecule has 1 unspecified atom stereocenters. The van der Waals surface area contributed by atoms with Gasteiger partial charge in [0.25, 0.3) is 0 Å². The summed E-state index contributed by atoms with van der Waals surface area (Å²) >= 11 is 0. The monoisotopic (exact) mass is 359 g/mol. The molecule has 0 saturated heterocycles. The van der Waals surface area contributed by atoms with E-state index in [1.54, 1.807) is 4.57 Å². The van der Waals surface area contributed by atoms with Crippen LogP contribution >= 0.6 is 24.8 Å². The molecular formula is C17H27Cl2N3O. The fourth-order valence-corrected chi connectivity index (χ4v) is 2.42. The van der Waals surface area contributed by atoms with Gasteiger partial charge in [-0.25, -0.2) is 0 Å². The Morgan fingerprint density at radius 3 is 2.39 bits per heavy atom. The van der Waals surface area contributed by atoms with E-state index in [9.17, 15) is 4.79 Å². The number of halogens is 2. The molecule has 1 aromatic heterocycles. The number of benzene rings is 1. The van der Waals surface area contributed by atoms with Crippen molar-refractivity contribution in [3.63, 3.8) is 0 Å². The summed E-state index contributed by atoms with van der Waals surface area (Å²) in [7, 11) is 4.11. The van der Waals surface area contributed by atoms with Crippen LogP contribution in [0.15, 0.2) is 30.5 Å². The van der Waals surface area contributed by atoms with Crippen molar-refractivity contribution in [2.24, 2.45) is 11.7 Å². The molecule has 2 aromatic rings. The van der Waals surface area contributed by atoms with Crippen LogP contribution in [0, 0.1) is 5.92 Å². The summed E-state index contributed by atoms with van der Waals surface area (Å²) in [5.74, 6) is 0.0983. The van der Waals surface area contributed by atoms with Crippen molar-refractivity contribution in [3.8, 4) is 0 Å². The minimum absolute atomic E-state index is 0. The molecule has 0 saturated carbocycles. The molecule has 0 radical (unpaired) electrons. The van der Waals surface area contributed by atoms with Gasteiger partial charge in [0.05, 0.1) is 11.6 Å². The van der Waals surface area contributed by atoms with Gasteiger partial charge in [0.15, 0.2) is 0 Å². The summed E-state index contributed by atoms with van der Waals surface area (Å²) in [5, 5.41) is 1.14. The summed E-state index contributed by atoms with van der Waals surface area (Å²) in [6.07, 6.45) is 2.88. The third kappa shape index (κ3) is 4.95. The lowest BCUT2D eigenvalue weighted by Gasteiger charge is -2.15. The van der Waals surface area contributed by atoms with Crippen molar-refractivity contribution in [1.82, 2.24) is 9.47 Å². The van der Waals surface area contributed by atoms with Crippen LogP contribution < -0.4 is 5.73 Å². The number of carbonyl (C=O) groups excluding carboxylic acids is 1. The smallest absolute Gasteiger partial charge is 0.248 e. The lowest BCUT2D eigenvalue weighted by atomic mass is 10.1. The highest BCUT2D eigenvalue weighted by Gasteiger charge is 2.21. The average Bonchev–Trinajstić information content (AvgIpc) is 2.82. The number of likely N-dealkylation sites (N-methyl/N-ethyl adjacent to an activating group) is 1. The van der Waals surface area contributed by atoms with E-state index in [0.29, 0.717) is 0 Å². The van der Waals surface area contributed by atoms with E-state index in [0.717, 1.165) is 23.9 Å². The molecule has 1 aromatic carbocycles. The highest BCUT2D eigenvalue weighted by Crippen LogP contribution is 2.22. The minimum atomic E-state index is -0.470. The highest BCUT2D eigenvalue weighted by molar-refractivity contribution is 5.96. The van der Waals surface area contributed by atoms with Crippen molar-refractivity contribution >= 4 is 41.6 Å². The van der Waals surface area contributed by atoms with Crippen LogP contribution in [0.2, 0.25) is 0 Å². The quantitative estimate of drug-likeness (QED) is 0.891. The van der Waals surface area contributed by atoms with E-state index in [-0.39, 0.29) is 36.6 Å². The van der Waals surface area contributed by atoms with Crippen LogP contribution in [-0.2, 0) is 6.42 Å². The number of fused-ring (bicyclic) bond motifs is 1. The van der Waals surface area contributed by atoms with Crippen LogP contribution in [0.25, 0.3) is 10.9 Å². The molecule has 1 heterocycles. The maximum atomic E-state index is 12.6. The van der Waals surface area contributed by atoms with Crippen LogP contribution in [0.5, 0.6) is 0 Å². The van der Waals surface area contributed by atoms with E-state index in [1.807, 2.05) is 38.2 Å². The van der Waals surface area contributed by atoms with E-state index in [4.69, 9.17) is 5.73 Å². The van der Waals surface area contributed by atoms with E-state index in [2.05, 4.69) is 25.1 Å². The minimum Gasteiger partial charge on any atom is -0.320 e. The molecule has 0 aliphatic carbocycles. The first-order valence-electron chi connectivity index (χ1n) is 7.45. The Balaban J connectivity index is 0.00000242. The van der Waals surface area contributed by atoms with E-state index in [1.165, 1.54) is 5.56 Å². The predicted octanol–water partition coefficient (Wildman–Crippen LogP) is 3.21. The fraction of sp³-hybridized carbons (Fsp3) is 0.471. The van der Waals surface area contributed by atoms with Gasteiger partial charge in [-0.2, -0.15) is 0 Å². The van der Waals surface area contributed by atoms with Crippen molar-refractivity contribution in [1.29, 1.82) is 0 Å². The van der Waals surface area contributed by atoms with Crippen LogP contribution in [0.3, 0.4) is 0 Å². The molecule has 0 spiro atoms. The van der Waals surface area contributed by atoms with Crippen LogP contribution in [0.1, 0.15) is 24.2 Å². The first kappa shape index (κ1) is 21.9. The normalized spacial score (nSPS) is 12.1. The second kappa shape index (κ2) is 9.28. The Labute approximate surface area is 150 Å². The summed E-state index contributed by atoms with van der Waals surface area (Å²) in [5.41, 5.74) is 8.18. The number of aromatic nitrogens is 1. The molecule has 6 heteroatoms. The Morgan fingerprint density at radius 2 is 1.83 bits per heavy atom. The third-order valence-electron chi connectivity index (χ3n) is 3.86. The van der Waals surface area contributed by atoms with Gasteiger partial charge in [-0.05, 0) is 38.1 Å². The molecule has 0 amide bonds. The first-order valence-corrected chi connectivity index (χ1v) is 7.45. The summed E-state index contributed by atoms with van der Waals surface area (Å²) in [6, 6.07) is 7.56. The molecule has 0 fully saturated rings. The molecule has 23 heavy (non-hydrogen) atoms. The molecule has 1 atom stereocenters. The Kier molecular flexibility index (Phi) is 8.85. The largest absolute Gasteiger partial charge is 0.320 e. The second-order valence-corrected chi connectivity index (χ2v) is 6.20. The number of nitrogens with zero attached hydrogens (tertiary/aromatic N) is 2. The van der Waals surface area contributed by atoms with E-state index >= 15 is 0 Å². The van der Waals surface area contributed by atoms with Crippen molar-refractivity contribution in [2.45, 2.75) is 26.3 Å². The topological polar surface area (TPSA) is 51.3 Å².